The number of pyridine rings is 1. The highest BCUT2D eigenvalue weighted by Crippen LogP contribution is 2.37. The van der Waals surface area contributed by atoms with Crippen LogP contribution in [0, 0.1) is 19.8 Å². The van der Waals surface area contributed by atoms with Crippen LogP contribution >= 0.6 is 0 Å². The molecule has 244 valence electrons. The lowest BCUT2D eigenvalue weighted by atomic mass is 9.93. The van der Waals surface area contributed by atoms with Gasteiger partial charge in [0.25, 0.3) is 10.0 Å². The highest BCUT2D eigenvalue weighted by molar-refractivity contribution is 7.90. The van der Waals surface area contributed by atoms with Crippen LogP contribution in [0.15, 0.2) is 90.1 Å². The molecule has 0 bridgehead atoms. The Morgan fingerprint density at radius 3 is 2.17 bits per heavy atom. The third-order valence-electron chi connectivity index (χ3n) is 10.0. The maximum atomic E-state index is 14.0. The number of aromatic nitrogens is 2. The molecule has 47 heavy (non-hydrogen) atoms. The summed E-state index contributed by atoms with van der Waals surface area (Å²) in [5, 5.41) is 11.9. The molecule has 0 aliphatic carbocycles. The van der Waals surface area contributed by atoms with E-state index in [1.165, 1.54) is 15.2 Å². The lowest BCUT2D eigenvalue weighted by Crippen LogP contribution is -2.44. The molecule has 0 spiro atoms. The van der Waals surface area contributed by atoms with E-state index in [9.17, 15) is 13.5 Å². The van der Waals surface area contributed by atoms with Crippen molar-refractivity contribution in [3.8, 4) is 22.3 Å². The highest BCUT2D eigenvalue weighted by Gasteiger charge is 2.28. The summed E-state index contributed by atoms with van der Waals surface area (Å²) >= 11 is 0. The molecule has 4 heterocycles. The normalized spacial score (nSPS) is 18.7. The van der Waals surface area contributed by atoms with E-state index in [0.717, 1.165) is 84.5 Å². The zero-order chi connectivity index (χ0) is 32.9. The molecule has 2 aromatic heterocycles. The van der Waals surface area contributed by atoms with Crippen molar-refractivity contribution in [2.75, 3.05) is 58.3 Å². The number of aliphatic hydroxyl groups excluding tert-OH is 1. The monoisotopic (exact) mass is 649 g/mol. The third kappa shape index (κ3) is 6.09. The maximum Gasteiger partial charge on any atom is 0.269 e. The van der Waals surface area contributed by atoms with Crippen LogP contribution in [-0.2, 0) is 10.0 Å². The molecule has 0 radical (unpaired) electrons. The first-order valence-corrected chi connectivity index (χ1v) is 17.9. The predicted molar refractivity (Wildman–Crippen MR) is 189 cm³/mol. The standard InChI is InChI=1S/C38H43N5O3S/c1-26-5-12-33(13-6-26)47(45,46)43-25-35(28-7-9-29(10-8-28)37(44)31-15-16-41(4)24-31)34-22-32(23-39-38(34)43)30-11-14-36(27(2)21-30)42-19-17-40(3)18-20-42/h5-14,21-23,25,31,37,44H,15-20,24H2,1-4H3. The van der Waals surface area contributed by atoms with Crippen LogP contribution in [-0.4, -0.2) is 85.6 Å². The number of nitrogens with zero attached hydrogens (tertiary/aromatic N) is 5. The van der Waals surface area contributed by atoms with E-state index in [4.69, 9.17) is 4.98 Å². The van der Waals surface area contributed by atoms with Crippen LogP contribution < -0.4 is 4.90 Å². The number of benzene rings is 3. The maximum absolute atomic E-state index is 14.0. The number of aryl methyl sites for hydroxylation is 2. The lowest BCUT2D eigenvalue weighted by Gasteiger charge is -2.35. The summed E-state index contributed by atoms with van der Waals surface area (Å²) < 4.78 is 29.3. The summed E-state index contributed by atoms with van der Waals surface area (Å²) in [6, 6.07) is 23.4. The van der Waals surface area contributed by atoms with Crippen LogP contribution in [0.2, 0.25) is 0 Å². The van der Waals surface area contributed by atoms with E-state index in [1.807, 2.05) is 43.3 Å². The summed E-state index contributed by atoms with van der Waals surface area (Å²) in [7, 11) is 0.336. The van der Waals surface area contributed by atoms with E-state index < -0.39 is 16.1 Å². The summed E-state index contributed by atoms with van der Waals surface area (Å²) in [6.45, 7) is 10.1. The smallest absolute Gasteiger partial charge is 0.269 e. The number of piperazine rings is 1. The van der Waals surface area contributed by atoms with Crippen LogP contribution in [0.5, 0.6) is 0 Å². The SMILES string of the molecule is Cc1ccc(S(=O)(=O)n2cc(-c3ccc(C(O)C4CCN(C)C4)cc3)c3cc(-c4ccc(N5CCN(C)CC5)c(C)c4)cnc32)cc1. The topological polar surface area (TPSA) is 81.9 Å². The van der Waals surface area contributed by atoms with Gasteiger partial charge in [0.05, 0.1) is 11.0 Å². The molecule has 1 N–H and O–H groups in total. The van der Waals surface area contributed by atoms with Crippen LogP contribution in [0.4, 0.5) is 5.69 Å². The average Bonchev–Trinajstić information content (AvgIpc) is 3.69. The van der Waals surface area contributed by atoms with E-state index in [-0.39, 0.29) is 10.8 Å². The first kappa shape index (κ1) is 31.6. The van der Waals surface area contributed by atoms with E-state index in [0.29, 0.717) is 5.65 Å². The average molecular weight is 650 g/mol. The molecule has 2 saturated heterocycles. The summed E-state index contributed by atoms with van der Waals surface area (Å²) in [4.78, 5) is 12.1. The second-order valence-electron chi connectivity index (χ2n) is 13.4. The Morgan fingerprint density at radius 2 is 1.51 bits per heavy atom. The Morgan fingerprint density at radius 1 is 0.809 bits per heavy atom. The van der Waals surface area contributed by atoms with Crippen molar-refractivity contribution < 1.29 is 13.5 Å². The molecule has 9 heteroatoms. The summed E-state index contributed by atoms with van der Waals surface area (Å²) in [6.07, 6.45) is 3.89. The van der Waals surface area contributed by atoms with Gasteiger partial charge in [-0.2, -0.15) is 0 Å². The molecular formula is C38H43N5O3S. The minimum atomic E-state index is -3.91. The molecular weight excluding hydrogens is 607 g/mol. The fourth-order valence-electron chi connectivity index (χ4n) is 7.07. The molecule has 8 nitrogen and oxygen atoms in total. The van der Waals surface area contributed by atoms with E-state index >= 15 is 0 Å². The quantitative estimate of drug-likeness (QED) is 0.233. The van der Waals surface area contributed by atoms with Gasteiger partial charge in [0, 0.05) is 73.2 Å². The van der Waals surface area contributed by atoms with E-state index in [2.05, 4.69) is 60.0 Å². The number of anilines is 1. The minimum absolute atomic E-state index is 0.199. The molecule has 5 aromatic rings. The molecule has 0 saturated carbocycles. The molecule has 2 unspecified atom stereocenters. The second kappa shape index (κ2) is 12.5. The van der Waals surface area contributed by atoms with Crippen molar-refractivity contribution >= 4 is 26.7 Å². The van der Waals surface area contributed by atoms with Crippen LogP contribution in [0.25, 0.3) is 33.3 Å². The number of hydrogen-bond donors (Lipinski definition) is 1. The van der Waals surface area contributed by atoms with Gasteiger partial charge in [0.15, 0.2) is 5.65 Å². The largest absolute Gasteiger partial charge is 0.388 e. The van der Waals surface area contributed by atoms with Gasteiger partial charge in [-0.1, -0.05) is 48.0 Å². The van der Waals surface area contributed by atoms with Gasteiger partial charge in [-0.05, 0) is 93.5 Å². The first-order chi connectivity index (χ1) is 22.6. The van der Waals surface area contributed by atoms with Gasteiger partial charge in [0.1, 0.15) is 0 Å². The Balaban J connectivity index is 1.30. The molecule has 2 aliphatic rings. The van der Waals surface area contributed by atoms with E-state index in [1.54, 1.807) is 24.5 Å². The molecule has 2 fully saturated rings. The lowest BCUT2D eigenvalue weighted by molar-refractivity contribution is 0.113. The Labute approximate surface area is 277 Å². The number of fused-ring (bicyclic) bond motifs is 1. The molecule has 0 amide bonds. The van der Waals surface area contributed by atoms with Crippen LogP contribution in [0.3, 0.4) is 0 Å². The number of likely N-dealkylation sites (tertiary alicyclic amines) is 1. The number of likely N-dealkylation sites (N-methyl/N-ethyl adjacent to an activating group) is 1. The summed E-state index contributed by atoms with van der Waals surface area (Å²) in [5.41, 5.74) is 8.31. The number of aliphatic hydroxyl groups is 1. The predicted octanol–water partition coefficient (Wildman–Crippen LogP) is 5.96. The zero-order valence-corrected chi connectivity index (χ0v) is 28.4. The van der Waals surface area contributed by atoms with Crippen molar-refractivity contribution in [3.05, 3.63) is 102 Å². The highest BCUT2D eigenvalue weighted by atomic mass is 32.2. The first-order valence-electron chi connectivity index (χ1n) is 16.4. The van der Waals surface area contributed by atoms with Gasteiger partial charge >= 0.3 is 0 Å². The van der Waals surface area contributed by atoms with Crippen molar-refractivity contribution in [1.82, 2.24) is 18.8 Å². The van der Waals surface area contributed by atoms with Gasteiger partial charge in [-0.3, -0.25) is 0 Å². The Kier molecular flexibility index (Phi) is 8.42. The van der Waals surface area contributed by atoms with Gasteiger partial charge < -0.3 is 19.8 Å². The molecule has 7 rings (SSSR count). The van der Waals surface area contributed by atoms with Crippen molar-refractivity contribution in [2.45, 2.75) is 31.3 Å². The van der Waals surface area contributed by atoms with Crippen molar-refractivity contribution in [1.29, 1.82) is 0 Å². The van der Waals surface area contributed by atoms with Crippen molar-refractivity contribution in [3.63, 3.8) is 0 Å². The molecule has 2 atom stereocenters. The Bertz CT molecular complexity index is 2010. The molecule has 2 aliphatic heterocycles. The number of hydrogen-bond acceptors (Lipinski definition) is 7. The Hall–Kier alpha value is -4.02. The fraction of sp³-hybridized carbons (Fsp3) is 0.342. The minimum Gasteiger partial charge on any atom is -0.388 e. The molecule has 3 aromatic carbocycles. The third-order valence-corrected chi connectivity index (χ3v) is 11.7. The van der Waals surface area contributed by atoms with Crippen molar-refractivity contribution in [2.24, 2.45) is 5.92 Å². The second-order valence-corrected chi connectivity index (χ2v) is 15.2. The number of rotatable bonds is 7. The zero-order valence-electron chi connectivity index (χ0n) is 27.6. The van der Waals surface area contributed by atoms with Gasteiger partial charge in [-0.15, -0.1) is 0 Å². The summed E-state index contributed by atoms with van der Waals surface area (Å²) in [5.74, 6) is 0.199. The fourth-order valence-corrected chi connectivity index (χ4v) is 8.39. The van der Waals surface area contributed by atoms with Gasteiger partial charge in [-0.25, -0.2) is 17.4 Å². The van der Waals surface area contributed by atoms with Crippen LogP contribution in [0.1, 0.15) is 29.2 Å². The van der Waals surface area contributed by atoms with Gasteiger partial charge in [0.2, 0.25) is 0 Å².